The number of sulfonamides is 1. The van der Waals surface area contributed by atoms with Gasteiger partial charge in [0.1, 0.15) is 5.76 Å². The largest absolute Gasteiger partial charge is 0.453 e. The van der Waals surface area contributed by atoms with E-state index >= 15 is 0 Å². The van der Waals surface area contributed by atoms with E-state index in [1.165, 1.54) is 6.26 Å². The van der Waals surface area contributed by atoms with E-state index in [4.69, 9.17) is 4.42 Å². The molecular formula is C11H17BrN2O3S. The normalized spacial score (nSPS) is 22.2. The van der Waals surface area contributed by atoms with Crippen LogP contribution in [0.4, 0.5) is 0 Å². The first-order chi connectivity index (χ1) is 8.42. The molecule has 1 saturated heterocycles. The molecule has 0 radical (unpaired) electrons. The Morgan fingerprint density at radius 1 is 1.56 bits per heavy atom. The van der Waals surface area contributed by atoms with Crippen LogP contribution >= 0.6 is 15.9 Å². The Hall–Kier alpha value is -0.370. The zero-order chi connectivity index (χ0) is 13.2. The average Bonchev–Trinajstić information content (AvgIpc) is 2.62. The van der Waals surface area contributed by atoms with Crippen LogP contribution in [0.2, 0.25) is 0 Å². The van der Waals surface area contributed by atoms with Crippen molar-refractivity contribution in [2.45, 2.75) is 25.4 Å². The number of nitrogens with zero attached hydrogens (tertiary/aromatic N) is 1. The molecule has 2 rings (SSSR count). The first-order valence-corrected chi connectivity index (χ1v) is 8.55. The SMILES string of the molecule is CS(=O)(=O)N[C@@H]1CCCN(Cc2ccc(Br)o2)C1. The van der Waals surface area contributed by atoms with Crippen LogP contribution in [0.15, 0.2) is 21.2 Å². The molecule has 7 heteroatoms. The van der Waals surface area contributed by atoms with E-state index in [2.05, 4.69) is 25.6 Å². The van der Waals surface area contributed by atoms with Gasteiger partial charge in [-0.1, -0.05) is 0 Å². The number of piperidine rings is 1. The number of furan rings is 1. The van der Waals surface area contributed by atoms with Crippen LogP contribution < -0.4 is 4.72 Å². The second-order valence-electron chi connectivity index (χ2n) is 4.67. The topological polar surface area (TPSA) is 62.6 Å². The Balaban J connectivity index is 1.90. The molecule has 0 aliphatic carbocycles. The minimum atomic E-state index is -3.12. The lowest BCUT2D eigenvalue weighted by Gasteiger charge is -2.32. The molecule has 0 spiro atoms. The average molecular weight is 337 g/mol. The molecule has 5 nitrogen and oxygen atoms in total. The van der Waals surface area contributed by atoms with Crippen LogP contribution in [0.3, 0.4) is 0 Å². The van der Waals surface area contributed by atoms with Crippen molar-refractivity contribution in [2.75, 3.05) is 19.3 Å². The van der Waals surface area contributed by atoms with Crippen molar-refractivity contribution in [3.05, 3.63) is 22.6 Å². The van der Waals surface area contributed by atoms with Gasteiger partial charge in [0.05, 0.1) is 12.8 Å². The fraction of sp³-hybridized carbons (Fsp3) is 0.636. The number of hydrogen-bond acceptors (Lipinski definition) is 4. The molecule has 0 amide bonds. The molecular weight excluding hydrogens is 320 g/mol. The second kappa shape index (κ2) is 5.73. The molecule has 1 aromatic rings. The summed E-state index contributed by atoms with van der Waals surface area (Å²) in [5.41, 5.74) is 0. The van der Waals surface area contributed by atoms with Crippen LogP contribution in [-0.2, 0) is 16.6 Å². The standard InChI is InChI=1S/C11H17BrN2O3S/c1-18(15,16)13-9-3-2-6-14(7-9)8-10-4-5-11(12)17-10/h4-5,9,13H,2-3,6-8H2,1H3/t9-/m1/s1. The van der Waals surface area contributed by atoms with Gasteiger partial charge in [-0.15, -0.1) is 0 Å². The molecule has 102 valence electrons. The highest BCUT2D eigenvalue weighted by atomic mass is 79.9. The third-order valence-electron chi connectivity index (χ3n) is 2.89. The summed E-state index contributed by atoms with van der Waals surface area (Å²) in [6, 6.07) is 3.80. The summed E-state index contributed by atoms with van der Waals surface area (Å²) in [5.74, 6) is 0.891. The maximum Gasteiger partial charge on any atom is 0.208 e. The minimum Gasteiger partial charge on any atom is -0.453 e. The van der Waals surface area contributed by atoms with Crippen molar-refractivity contribution in [3.8, 4) is 0 Å². The highest BCUT2D eigenvalue weighted by molar-refractivity contribution is 9.10. The van der Waals surface area contributed by atoms with Gasteiger partial charge >= 0.3 is 0 Å². The first kappa shape index (κ1) is 14.0. The summed E-state index contributed by atoms with van der Waals surface area (Å²) in [6.45, 7) is 2.42. The molecule has 0 unspecified atom stereocenters. The Morgan fingerprint density at radius 3 is 2.94 bits per heavy atom. The predicted molar refractivity (Wildman–Crippen MR) is 72.7 cm³/mol. The Labute approximate surface area is 116 Å². The number of nitrogens with one attached hydrogen (secondary N) is 1. The molecule has 0 saturated carbocycles. The van der Waals surface area contributed by atoms with Crippen molar-refractivity contribution in [3.63, 3.8) is 0 Å². The van der Waals surface area contributed by atoms with Crippen LogP contribution in [0, 0.1) is 0 Å². The number of hydrogen-bond donors (Lipinski definition) is 1. The third-order valence-corrected chi connectivity index (χ3v) is 4.08. The van der Waals surface area contributed by atoms with Crippen LogP contribution in [-0.4, -0.2) is 38.7 Å². The van der Waals surface area contributed by atoms with Crippen molar-refractivity contribution in [1.82, 2.24) is 9.62 Å². The zero-order valence-electron chi connectivity index (χ0n) is 10.2. The van der Waals surface area contributed by atoms with Crippen LogP contribution in [0.5, 0.6) is 0 Å². The Kier molecular flexibility index (Phi) is 4.47. The van der Waals surface area contributed by atoms with Gasteiger partial charge in [-0.2, -0.15) is 0 Å². The van der Waals surface area contributed by atoms with Crippen molar-refractivity contribution in [2.24, 2.45) is 0 Å². The molecule has 1 fully saturated rings. The second-order valence-corrected chi connectivity index (χ2v) is 7.23. The van der Waals surface area contributed by atoms with Crippen molar-refractivity contribution < 1.29 is 12.8 Å². The van der Waals surface area contributed by atoms with Gasteiger partial charge in [0.25, 0.3) is 0 Å². The molecule has 1 N–H and O–H groups in total. The minimum absolute atomic E-state index is 0.00662. The van der Waals surface area contributed by atoms with Crippen molar-refractivity contribution in [1.29, 1.82) is 0 Å². The number of halogens is 1. The highest BCUT2D eigenvalue weighted by Crippen LogP contribution is 2.18. The predicted octanol–water partition coefficient (Wildman–Crippen LogP) is 1.56. The molecule has 1 aromatic heterocycles. The molecule has 2 heterocycles. The van der Waals surface area contributed by atoms with E-state index in [1.807, 2.05) is 12.1 Å². The van der Waals surface area contributed by atoms with Gasteiger partial charge in [0.2, 0.25) is 10.0 Å². The summed E-state index contributed by atoms with van der Waals surface area (Å²) >= 11 is 3.27. The Bertz CT molecular complexity index is 500. The van der Waals surface area contributed by atoms with Gasteiger partial charge < -0.3 is 4.42 Å². The van der Waals surface area contributed by atoms with Crippen LogP contribution in [0.25, 0.3) is 0 Å². The number of likely N-dealkylation sites (tertiary alicyclic amines) is 1. The summed E-state index contributed by atoms with van der Waals surface area (Å²) in [4.78, 5) is 2.21. The van der Waals surface area contributed by atoms with Crippen molar-refractivity contribution >= 4 is 26.0 Å². The zero-order valence-corrected chi connectivity index (χ0v) is 12.6. The summed E-state index contributed by atoms with van der Waals surface area (Å²) in [6.07, 6.45) is 3.09. The van der Waals surface area contributed by atoms with Gasteiger partial charge in [-0.25, -0.2) is 13.1 Å². The summed E-state index contributed by atoms with van der Waals surface area (Å²) in [5, 5.41) is 0. The van der Waals surface area contributed by atoms with Gasteiger partial charge in [-0.05, 0) is 47.4 Å². The molecule has 1 atom stereocenters. The number of rotatable bonds is 4. The van der Waals surface area contributed by atoms with E-state index in [0.29, 0.717) is 6.54 Å². The summed E-state index contributed by atoms with van der Waals surface area (Å²) < 4.78 is 31.3. The molecule has 0 bridgehead atoms. The van der Waals surface area contributed by atoms with E-state index in [1.54, 1.807) is 0 Å². The van der Waals surface area contributed by atoms with E-state index < -0.39 is 10.0 Å². The molecule has 0 aromatic carbocycles. The molecule has 18 heavy (non-hydrogen) atoms. The van der Waals surface area contributed by atoms with Gasteiger partial charge in [-0.3, -0.25) is 4.90 Å². The fourth-order valence-corrected chi connectivity index (χ4v) is 3.39. The first-order valence-electron chi connectivity index (χ1n) is 5.86. The quantitative estimate of drug-likeness (QED) is 0.906. The van der Waals surface area contributed by atoms with E-state index in [0.717, 1.165) is 36.4 Å². The third kappa shape index (κ3) is 4.38. The molecule has 1 aliphatic heterocycles. The lowest BCUT2D eigenvalue weighted by atomic mass is 10.1. The molecule has 1 aliphatic rings. The lowest BCUT2D eigenvalue weighted by molar-refractivity contribution is 0.181. The monoisotopic (exact) mass is 336 g/mol. The fourth-order valence-electron chi connectivity index (χ4n) is 2.26. The van der Waals surface area contributed by atoms with Gasteiger partial charge in [0.15, 0.2) is 4.67 Å². The van der Waals surface area contributed by atoms with Gasteiger partial charge in [0, 0.05) is 12.6 Å². The lowest BCUT2D eigenvalue weighted by Crippen LogP contribution is -2.46. The van der Waals surface area contributed by atoms with E-state index in [9.17, 15) is 8.42 Å². The van der Waals surface area contributed by atoms with E-state index in [-0.39, 0.29) is 6.04 Å². The smallest absolute Gasteiger partial charge is 0.208 e. The Morgan fingerprint density at radius 2 is 2.33 bits per heavy atom. The maximum atomic E-state index is 11.2. The maximum absolute atomic E-state index is 11.2. The van der Waals surface area contributed by atoms with Crippen LogP contribution in [0.1, 0.15) is 18.6 Å². The summed E-state index contributed by atoms with van der Waals surface area (Å²) in [7, 11) is -3.12. The highest BCUT2D eigenvalue weighted by Gasteiger charge is 2.22.